The summed E-state index contributed by atoms with van der Waals surface area (Å²) in [4.78, 5) is 4.81. The smallest absolute Gasteiger partial charge is 0.137 e. The first-order valence-electron chi connectivity index (χ1n) is 15.8. The third-order valence-electron chi connectivity index (χ3n) is 8.49. The predicted octanol–water partition coefficient (Wildman–Crippen LogP) is 10.1. The second-order valence-electron chi connectivity index (χ2n) is 12.8. The zero-order valence-corrected chi connectivity index (χ0v) is 27.2. The van der Waals surface area contributed by atoms with E-state index in [0.717, 1.165) is 61.9 Å². The fourth-order valence-corrected chi connectivity index (χ4v) is 6.32. The Morgan fingerprint density at radius 3 is 2.28 bits per heavy atom. The highest BCUT2D eigenvalue weighted by Crippen LogP contribution is 2.36. The van der Waals surface area contributed by atoms with Crippen molar-refractivity contribution in [3.63, 3.8) is 0 Å². The summed E-state index contributed by atoms with van der Waals surface area (Å²) in [6.45, 7) is 13.6. The van der Waals surface area contributed by atoms with Crippen LogP contribution in [0.5, 0.6) is 17.2 Å². The summed E-state index contributed by atoms with van der Waals surface area (Å²) >= 11 is 0. The molecule has 0 aliphatic heterocycles. The van der Waals surface area contributed by atoms with Crippen molar-refractivity contribution in [1.29, 1.82) is 0 Å². The molecule has 0 bridgehead atoms. The summed E-state index contributed by atoms with van der Waals surface area (Å²) in [5, 5.41) is 7.04. The Morgan fingerprint density at radius 2 is 1.50 bits per heavy atom. The number of hydrogen-bond donors (Lipinski definition) is 0. The number of fused-ring (bicyclic) bond motifs is 3. The minimum Gasteiger partial charge on any atom is -0.494 e. The Morgan fingerprint density at radius 1 is 0.739 bits per heavy atom. The molecule has 0 saturated carbocycles. The molecule has 230 valence electrons. The molecule has 0 fully saturated rings. The standard InChI is InChI=1S/C40H38N4O2/c1-7-45-33-19-26(2)39(27(3)20-33)28-24-42-43(25-28)30-11-10-12-31(22-30)46-32-15-16-35-34-13-8-9-14-36(34)44(37(35)23-32)38-21-29(17-18-41-38)40(4,5)6/h8-25H,7H2,1-6H3. The second-order valence-corrected chi connectivity index (χ2v) is 12.8. The lowest BCUT2D eigenvalue weighted by molar-refractivity contribution is 0.340. The normalized spacial score (nSPS) is 11.8. The van der Waals surface area contributed by atoms with E-state index in [9.17, 15) is 0 Å². The molecule has 7 rings (SSSR count). The minimum absolute atomic E-state index is 0.0109. The van der Waals surface area contributed by atoms with E-state index in [1.807, 2.05) is 54.3 Å². The maximum Gasteiger partial charge on any atom is 0.137 e. The topological polar surface area (TPSA) is 54.1 Å². The predicted molar refractivity (Wildman–Crippen MR) is 187 cm³/mol. The van der Waals surface area contributed by atoms with Crippen molar-refractivity contribution in [2.75, 3.05) is 6.61 Å². The van der Waals surface area contributed by atoms with Crippen LogP contribution in [0.4, 0.5) is 0 Å². The maximum absolute atomic E-state index is 6.49. The number of pyridine rings is 1. The SMILES string of the molecule is CCOc1cc(C)c(-c2cnn(-c3cccc(Oc4ccc5c6ccccc6n(-c6cc(C(C)(C)C)ccn6)c5c4)c3)c2)c(C)c1. The Kier molecular flexibility index (Phi) is 7.36. The molecule has 6 nitrogen and oxygen atoms in total. The molecule has 3 aromatic heterocycles. The number of hydrogen-bond acceptors (Lipinski definition) is 4. The highest BCUT2D eigenvalue weighted by Gasteiger charge is 2.18. The summed E-state index contributed by atoms with van der Waals surface area (Å²) in [6, 6.07) is 31.3. The number of para-hydroxylation sites is 1. The molecule has 0 unspecified atom stereocenters. The number of aryl methyl sites for hydroxylation is 2. The number of nitrogens with zero attached hydrogens (tertiary/aromatic N) is 4. The molecule has 0 aliphatic rings. The van der Waals surface area contributed by atoms with Crippen LogP contribution in [0.25, 0.3) is 44.4 Å². The van der Waals surface area contributed by atoms with Crippen molar-refractivity contribution in [3.05, 3.63) is 126 Å². The number of rotatable bonds is 7. The summed E-state index contributed by atoms with van der Waals surface area (Å²) in [5.41, 5.74) is 8.89. The van der Waals surface area contributed by atoms with Crippen molar-refractivity contribution in [2.24, 2.45) is 0 Å². The Hall–Kier alpha value is -5.36. The van der Waals surface area contributed by atoms with Crippen molar-refractivity contribution in [3.8, 4) is 39.9 Å². The fourth-order valence-electron chi connectivity index (χ4n) is 6.32. The van der Waals surface area contributed by atoms with Crippen molar-refractivity contribution >= 4 is 21.8 Å². The van der Waals surface area contributed by atoms with Crippen molar-refractivity contribution in [1.82, 2.24) is 19.3 Å². The molecule has 3 heterocycles. The quantitative estimate of drug-likeness (QED) is 0.181. The molecule has 4 aromatic carbocycles. The van der Waals surface area contributed by atoms with Gasteiger partial charge in [-0.3, -0.25) is 4.57 Å². The van der Waals surface area contributed by atoms with Gasteiger partial charge in [0.25, 0.3) is 0 Å². The van der Waals surface area contributed by atoms with Gasteiger partial charge in [0.05, 0.1) is 29.5 Å². The summed E-state index contributed by atoms with van der Waals surface area (Å²) in [5.74, 6) is 3.28. The van der Waals surface area contributed by atoms with Gasteiger partial charge in [-0.25, -0.2) is 9.67 Å². The van der Waals surface area contributed by atoms with E-state index in [1.165, 1.54) is 16.5 Å². The van der Waals surface area contributed by atoms with Gasteiger partial charge in [0.2, 0.25) is 0 Å². The van der Waals surface area contributed by atoms with Crippen LogP contribution >= 0.6 is 0 Å². The summed E-state index contributed by atoms with van der Waals surface area (Å²) in [6.07, 6.45) is 5.89. The van der Waals surface area contributed by atoms with E-state index in [0.29, 0.717) is 6.61 Å². The first-order chi connectivity index (χ1) is 22.2. The van der Waals surface area contributed by atoms with Crippen LogP contribution in [0.2, 0.25) is 0 Å². The molecule has 0 aliphatic carbocycles. The van der Waals surface area contributed by atoms with E-state index in [2.05, 4.69) is 106 Å². The molecule has 6 heteroatoms. The van der Waals surface area contributed by atoms with Gasteiger partial charge in [-0.15, -0.1) is 0 Å². The fraction of sp³-hybridized carbons (Fsp3) is 0.200. The van der Waals surface area contributed by atoms with Crippen LogP contribution in [-0.4, -0.2) is 25.9 Å². The van der Waals surface area contributed by atoms with Crippen LogP contribution in [0.15, 0.2) is 110 Å². The third-order valence-corrected chi connectivity index (χ3v) is 8.49. The van der Waals surface area contributed by atoms with E-state index in [-0.39, 0.29) is 5.41 Å². The maximum atomic E-state index is 6.49. The van der Waals surface area contributed by atoms with Crippen LogP contribution in [0, 0.1) is 13.8 Å². The van der Waals surface area contributed by atoms with Gasteiger partial charge in [0.15, 0.2) is 0 Å². The van der Waals surface area contributed by atoms with Crippen LogP contribution in [0.3, 0.4) is 0 Å². The lowest BCUT2D eigenvalue weighted by Crippen LogP contribution is -2.12. The van der Waals surface area contributed by atoms with E-state index in [4.69, 9.17) is 19.6 Å². The lowest BCUT2D eigenvalue weighted by Gasteiger charge is -2.20. The van der Waals surface area contributed by atoms with E-state index < -0.39 is 0 Å². The first kappa shape index (κ1) is 29.4. The van der Waals surface area contributed by atoms with Gasteiger partial charge in [-0.1, -0.05) is 45.0 Å². The van der Waals surface area contributed by atoms with E-state index in [1.54, 1.807) is 0 Å². The van der Waals surface area contributed by atoms with Gasteiger partial charge >= 0.3 is 0 Å². The average Bonchev–Trinajstić information content (AvgIpc) is 3.64. The molecule has 46 heavy (non-hydrogen) atoms. The molecule has 0 saturated heterocycles. The lowest BCUT2D eigenvalue weighted by atomic mass is 9.88. The van der Waals surface area contributed by atoms with Gasteiger partial charge in [-0.05, 0) is 103 Å². The van der Waals surface area contributed by atoms with Gasteiger partial charge < -0.3 is 9.47 Å². The van der Waals surface area contributed by atoms with Gasteiger partial charge in [0, 0.05) is 40.9 Å². The number of aromatic nitrogens is 4. The monoisotopic (exact) mass is 606 g/mol. The number of benzene rings is 4. The first-order valence-corrected chi connectivity index (χ1v) is 15.8. The van der Waals surface area contributed by atoms with Crippen LogP contribution in [0.1, 0.15) is 44.4 Å². The minimum atomic E-state index is 0.0109. The molecular formula is C40H38N4O2. The van der Waals surface area contributed by atoms with Crippen LogP contribution in [-0.2, 0) is 5.41 Å². The largest absolute Gasteiger partial charge is 0.494 e. The Labute approximate surface area is 269 Å². The highest BCUT2D eigenvalue weighted by atomic mass is 16.5. The number of ether oxygens (including phenoxy) is 2. The third kappa shape index (κ3) is 5.40. The second kappa shape index (κ2) is 11.5. The van der Waals surface area contributed by atoms with Gasteiger partial charge in [-0.2, -0.15) is 5.10 Å². The van der Waals surface area contributed by atoms with Crippen molar-refractivity contribution in [2.45, 2.75) is 47.0 Å². The van der Waals surface area contributed by atoms with Gasteiger partial charge in [0.1, 0.15) is 23.1 Å². The zero-order valence-electron chi connectivity index (χ0n) is 27.2. The highest BCUT2D eigenvalue weighted by molar-refractivity contribution is 6.09. The molecule has 0 amide bonds. The zero-order chi connectivity index (χ0) is 32.0. The Balaban J connectivity index is 1.23. The average molecular weight is 607 g/mol. The molecule has 0 radical (unpaired) electrons. The Bertz CT molecular complexity index is 2190. The molecule has 7 aromatic rings. The summed E-state index contributed by atoms with van der Waals surface area (Å²) < 4.78 is 16.4. The summed E-state index contributed by atoms with van der Waals surface area (Å²) in [7, 11) is 0. The molecule has 0 spiro atoms. The molecular weight excluding hydrogens is 568 g/mol. The van der Waals surface area contributed by atoms with E-state index >= 15 is 0 Å². The molecule has 0 atom stereocenters. The molecule has 0 N–H and O–H groups in total. The van der Waals surface area contributed by atoms with Crippen LogP contribution < -0.4 is 9.47 Å². The van der Waals surface area contributed by atoms with Crippen molar-refractivity contribution < 1.29 is 9.47 Å².